The molecule has 0 aliphatic heterocycles. The van der Waals surface area contributed by atoms with E-state index in [2.05, 4.69) is 10.3 Å². The Morgan fingerprint density at radius 1 is 1.26 bits per heavy atom. The number of rotatable bonds is 4. The third-order valence-corrected chi connectivity index (χ3v) is 2.81. The fourth-order valence-electron chi connectivity index (χ4n) is 1.70. The average Bonchev–Trinajstić information content (AvgIpc) is 2.75. The number of hydrogen-bond acceptors (Lipinski definition) is 3. The van der Waals surface area contributed by atoms with E-state index in [0.717, 1.165) is 0 Å². The fourth-order valence-corrected chi connectivity index (χ4v) is 1.70. The number of amides is 1. The SMILES string of the molecule is CC(=O)c1ccc(NC(=O)Cc2nccn2C)cc1. The van der Waals surface area contributed by atoms with Crippen LogP contribution in [0.3, 0.4) is 0 Å². The van der Waals surface area contributed by atoms with E-state index in [4.69, 9.17) is 0 Å². The molecule has 2 aromatic rings. The van der Waals surface area contributed by atoms with Gasteiger partial charge in [-0.3, -0.25) is 9.59 Å². The van der Waals surface area contributed by atoms with Gasteiger partial charge in [0.15, 0.2) is 5.78 Å². The number of carbonyl (C=O) groups excluding carboxylic acids is 2. The van der Waals surface area contributed by atoms with Gasteiger partial charge in [0, 0.05) is 30.7 Å². The first-order chi connectivity index (χ1) is 9.06. The molecule has 0 saturated heterocycles. The van der Waals surface area contributed by atoms with Crippen LogP contribution in [0.4, 0.5) is 5.69 Å². The second-order valence-electron chi connectivity index (χ2n) is 4.31. The summed E-state index contributed by atoms with van der Waals surface area (Å²) in [4.78, 5) is 27.0. The van der Waals surface area contributed by atoms with Crippen LogP contribution >= 0.6 is 0 Å². The number of benzene rings is 1. The van der Waals surface area contributed by atoms with Gasteiger partial charge in [0.2, 0.25) is 5.91 Å². The van der Waals surface area contributed by atoms with E-state index in [1.165, 1.54) is 6.92 Å². The van der Waals surface area contributed by atoms with Gasteiger partial charge in [-0.2, -0.15) is 0 Å². The van der Waals surface area contributed by atoms with Crippen LogP contribution in [0, 0.1) is 0 Å². The molecule has 5 nitrogen and oxygen atoms in total. The van der Waals surface area contributed by atoms with Gasteiger partial charge < -0.3 is 9.88 Å². The molecule has 19 heavy (non-hydrogen) atoms. The standard InChI is InChI=1S/C14H15N3O2/c1-10(18)11-3-5-12(6-4-11)16-14(19)9-13-15-7-8-17(13)2/h3-8H,9H2,1-2H3,(H,16,19). The molecule has 0 saturated carbocycles. The summed E-state index contributed by atoms with van der Waals surface area (Å²) in [5.41, 5.74) is 1.30. The molecule has 0 aliphatic rings. The Labute approximate surface area is 111 Å². The Kier molecular flexibility index (Phi) is 3.75. The maximum absolute atomic E-state index is 11.8. The molecule has 1 amide bonds. The van der Waals surface area contributed by atoms with Crippen LogP contribution in [0.15, 0.2) is 36.7 Å². The van der Waals surface area contributed by atoms with Crippen molar-refractivity contribution in [2.75, 3.05) is 5.32 Å². The number of nitrogens with zero attached hydrogens (tertiary/aromatic N) is 2. The summed E-state index contributed by atoms with van der Waals surface area (Å²) in [6, 6.07) is 6.82. The molecule has 5 heteroatoms. The Morgan fingerprint density at radius 3 is 2.47 bits per heavy atom. The van der Waals surface area contributed by atoms with Crippen LogP contribution in [0.1, 0.15) is 23.1 Å². The Bertz CT molecular complexity index is 599. The molecule has 2 rings (SSSR count). The van der Waals surface area contributed by atoms with Crippen molar-refractivity contribution < 1.29 is 9.59 Å². The fraction of sp³-hybridized carbons (Fsp3) is 0.214. The minimum absolute atomic E-state index is 0.00545. The van der Waals surface area contributed by atoms with Gasteiger partial charge in [-0.05, 0) is 31.2 Å². The molecule has 98 valence electrons. The van der Waals surface area contributed by atoms with Gasteiger partial charge >= 0.3 is 0 Å². The van der Waals surface area contributed by atoms with E-state index in [0.29, 0.717) is 17.1 Å². The molecule has 0 radical (unpaired) electrons. The van der Waals surface area contributed by atoms with Gasteiger partial charge in [-0.15, -0.1) is 0 Å². The van der Waals surface area contributed by atoms with E-state index in [9.17, 15) is 9.59 Å². The van der Waals surface area contributed by atoms with Crippen molar-refractivity contribution in [3.05, 3.63) is 48.0 Å². The van der Waals surface area contributed by atoms with Crippen molar-refractivity contribution in [3.63, 3.8) is 0 Å². The summed E-state index contributed by atoms with van der Waals surface area (Å²) in [5.74, 6) is 0.577. The number of anilines is 1. The molecule has 0 spiro atoms. The second-order valence-corrected chi connectivity index (χ2v) is 4.31. The third-order valence-electron chi connectivity index (χ3n) is 2.81. The van der Waals surface area contributed by atoms with E-state index < -0.39 is 0 Å². The lowest BCUT2D eigenvalue weighted by Gasteiger charge is -2.06. The van der Waals surface area contributed by atoms with Crippen LogP contribution in [-0.4, -0.2) is 21.2 Å². The van der Waals surface area contributed by atoms with Gasteiger partial charge in [-0.25, -0.2) is 4.98 Å². The number of aryl methyl sites for hydroxylation is 1. The van der Waals surface area contributed by atoms with Crippen molar-refractivity contribution >= 4 is 17.4 Å². The quantitative estimate of drug-likeness (QED) is 0.849. The minimum atomic E-state index is -0.134. The Morgan fingerprint density at radius 2 is 1.95 bits per heavy atom. The molecule has 1 aromatic heterocycles. The molecular weight excluding hydrogens is 242 g/mol. The number of hydrogen-bond donors (Lipinski definition) is 1. The van der Waals surface area contributed by atoms with Crippen LogP contribution < -0.4 is 5.32 Å². The van der Waals surface area contributed by atoms with Crippen LogP contribution in [0.25, 0.3) is 0 Å². The van der Waals surface area contributed by atoms with Crippen LogP contribution in [0.2, 0.25) is 0 Å². The van der Waals surface area contributed by atoms with E-state index in [1.807, 2.05) is 7.05 Å². The minimum Gasteiger partial charge on any atom is -0.338 e. The second kappa shape index (κ2) is 5.48. The lowest BCUT2D eigenvalue weighted by Crippen LogP contribution is -2.16. The average molecular weight is 257 g/mol. The summed E-state index contributed by atoms with van der Waals surface area (Å²) in [7, 11) is 1.84. The molecule has 0 fully saturated rings. The smallest absolute Gasteiger partial charge is 0.231 e. The number of ketones is 1. The number of nitrogens with one attached hydrogen (secondary N) is 1. The largest absolute Gasteiger partial charge is 0.338 e. The van der Waals surface area contributed by atoms with E-state index in [1.54, 1.807) is 41.2 Å². The van der Waals surface area contributed by atoms with Gasteiger partial charge in [0.25, 0.3) is 0 Å². The van der Waals surface area contributed by atoms with Gasteiger partial charge in [0.05, 0.1) is 6.42 Å². The molecular formula is C14H15N3O2. The number of aromatic nitrogens is 2. The highest BCUT2D eigenvalue weighted by molar-refractivity contribution is 5.95. The summed E-state index contributed by atoms with van der Waals surface area (Å²) in [6.45, 7) is 1.51. The predicted molar refractivity (Wildman–Crippen MR) is 72.0 cm³/mol. The maximum Gasteiger partial charge on any atom is 0.231 e. The highest BCUT2D eigenvalue weighted by atomic mass is 16.1. The third kappa shape index (κ3) is 3.28. The van der Waals surface area contributed by atoms with Crippen LogP contribution in [0.5, 0.6) is 0 Å². The Balaban J connectivity index is 1.99. The summed E-state index contributed by atoms with van der Waals surface area (Å²) < 4.78 is 1.80. The zero-order chi connectivity index (χ0) is 13.8. The number of imidazole rings is 1. The summed E-state index contributed by atoms with van der Waals surface area (Å²) in [6.07, 6.45) is 3.67. The lowest BCUT2D eigenvalue weighted by atomic mass is 10.1. The van der Waals surface area contributed by atoms with E-state index >= 15 is 0 Å². The highest BCUT2D eigenvalue weighted by Gasteiger charge is 2.08. The van der Waals surface area contributed by atoms with Crippen LogP contribution in [-0.2, 0) is 18.3 Å². The number of Topliss-reactive ketones (excluding diaryl/α,β-unsaturated/α-hetero) is 1. The first kappa shape index (κ1) is 13.0. The van der Waals surface area contributed by atoms with Crippen molar-refractivity contribution in [2.45, 2.75) is 13.3 Å². The van der Waals surface area contributed by atoms with Crippen molar-refractivity contribution in [1.82, 2.24) is 9.55 Å². The lowest BCUT2D eigenvalue weighted by molar-refractivity contribution is -0.115. The monoisotopic (exact) mass is 257 g/mol. The zero-order valence-electron chi connectivity index (χ0n) is 10.9. The van der Waals surface area contributed by atoms with E-state index in [-0.39, 0.29) is 18.1 Å². The summed E-state index contributed by atoms with van der Waals surface area (Å²) >= 11 is 0. The zero-order valence-corrected chi connectivity index (χ0v) is 10.9. The van der Waals surface area contributed by atoms with Gasteiger partial charge in [-0.1, -0.05) is 0 Å². The van der Waals surface area contributed by atoms with Crippen molar-refractivity contribution in [2.24, 2.45) is 7.05 Å². The molecule has 1 aromatic carbocycles. The molecule has 0 unspecified atom stereocenters. The molecule has 0 aliphatic carbocycles. The molecule has 0 bridgehead atoms. The molecule has 1 heterocycles. The summed E-state index contributed by atoms with van der Waals surface area (Å²) in [5, 5.41) is 2.77. The number of carbonyl (C=O) groups is 2. The first-order valence-electron chi connectivity index (χ1n) is 5.93. The predicted octanol–water partition coefficient (Wildman–Crippen LogP) is 1.80. The van der Waals surface area contributed by atoms with Crippen molar-refractivity contribution in [3.8, 4) is 0 Å². The Hall–Kier alpha value is -2.43. The van der Waals surface area contributed by atoms with Crippen molar-refractivity contribution in [1.29, 1.82) is 0 Å². The first-order valence-corrected chi connectivity index (χ1v) is 5.93. The molecule has 0 atom stereocenters. The van der Waals surface area contributed by atoms with Gasteiger partial charge in [0.1, 0.15) is 5.82 Å². The normalized spacial score (nSPS) is 10.2. The maximum atomic E-state index is 11.8. The molecule has 1 N–H and O–H groups in total. The topological polar surface area (TPSA) is 64.0 Å². The highest BCUT2D eigenvalue weighted by Crippen LogP contribution is 2.10.